The van der Waals surface area contributed by atoms with Gasteiger partial charge in [-0.25, -0.2) is 8.42 Å². The van der Waals surface area contributed by atoms with E-state index in [-0.39, 0.29) is 22.8 Å². The van der Waals surface area contributed by atoms with Crippen molar-refractivity contribution in [2.24, 2.45) is 5.73 Å². The summed E-state index contributed by atoms with van der Waals surface area (Å²) >= 11 is 0. The average Bonchev–Trinajstić information content (AvgIpc) is 2.42. The lowest BCUT2D eigenvalue weighted by atomic mass is 10.0. The Labute approximate surface area is 124 Å². The molecule has 0 aliphatic heterocycles. The third-order valence-corrected chi connectivity index (χ3v) is 6.28. The molecule has 0 aromatic heterocycles. The van der Waals surface area contributed by atoms with E-state index in [0.29, 0.717) is 0 Å². The fraction of sp³-hybridized carbons (Fsp3) is 0.571. The van der Waals surface area contributed by atoms with Gasteiger partial charge in [-0.3, -0.25) is 4.21 Å². The number of benzene rings is 1. The van der Waals surface area contributed by atoms with Crippen molar-refractivity contribution in [2.75, 3.05) is 17.8 Å². The lowest BCUT2D eigenvalue weighted by molar-refractivity contribution is 0.602. The Balaban J connectivity index is 2.69. The normalized spacial score (nSPS) is 16.6. The van der Waals surface area contributed by atoms with Gasteiger partial charge in [-0.2, -0.15) is 0 Å². The molecule has 1 rings (SSSR count). The SMILES string of the molecule is CCc1ccc(C(N)C(C)S(=O)CCS(C)(=O)=O)cc1. The Morgan fingerprint density at radius 3 is 2.25 bits per heavy atom. The third kappa shape index (κ3) is 5.34. The summed E-state index contributed by atoms with van der Waals surface area (Å²) in [6.07, 6.45) is 2.11. The van der Waals surface area contributed by atoms with Crippen LogP contribution in [-0.2, 0) is 27.1 Å². The van der Waals surface area contributed by atoms with Crippen LogP contribution in [0.5, 0.6) is 0 Å². The van der Waals surface area contributed by atoms with Gasteiger partial charge in [0.05, 0.1) is 11.0 Å². The highest BCUT2D eigenvalue weighted by Gasteiger charge is 2.21. The van der Waals surface area contributed by atoms with Gasteiger partial charge in [-0.15, -0.1) is 0 Å². The van der Waals surface area contributed by atoms with Crippen molar-refractivity contribution >= 4 is 20.6 Å². The summed E-state index contributed by atoms with van der Waals surface area (Å²) in [5.74, 6) is 0.0756. The summed E-state index contributed by atoms with van der Waals surface area (Å²) in [4.78, 5) is 0. The van der Waals surface area contributed by atoms with Gasteiger partial charge in [-0.1, -0.05) is 31.2 Å². The highest BCUT2D eigenvalue weighted by Crippen LogP contribution is 2.19. The molecule has 0 spiro atoms. The van der Waals surface area contributed by atoms with Crippen molar-refractivity contribution in [3.05, 3.63) is 35.4 Å². The Bertz CT molecular complexity index is 552. The molecule has 3 atom stereocenters. The molecule has 114 valence electrons. The summed E-state index contributed by atoms with van der Waals surface area (Å²) in [6.45, 7) is 3.88. The molecule has 0 heterocycles. The monoisotopic (exact) mass is 317 g/mol. The van der Waals surface area contributed by atoms with Crippen LogP contribution in [0, 0.1) is 0 Å². The van der Waals surface area contributed by atoms with Crippen molar-refractivity contribution in [1.29, 1.82) is 0 Å². The molecular formula is C14H23NO3S2. The minimum absolute atomic E-state index is 0.0640. The first-order valence-electron chi connectivity index (χ1n) is 6.64. The highest BCUT2D eigenvalue weighted by atomic mass is 32.2. The molecular weight excluding hydrogens is 294 g/mol. The van der Waals surface area contributed by atoms with E-state index in [9.17, 15) is 12.6 Å². The number of rotatable bonds is 7. The Morgan fingerprint density at radius 1 is 1.25 bits per heavy atom. The number of nitrogens with two attached hydrogens (primary N) is 1. The van der Waals surface area contributed by atoms with Gasteiger partial charge >= 0.3 is 0 Å². The van der Waals surface area contributed by atoms with E-state index in [2.05, 4.69) is 6.92 Å². The molecule has 0 amide bonds. The van der Waals surface area contributed by atoms with E-state index >= 15 is 0 Å². The van der Waals surface area contributed by atoms with Crippen molar-refractivity contribution in [1.82, 2.24) is 0 Å². The van der Waals surface area contributed by atoms with Crippen LogP contribution in [0.1, 0.15) is 31.0 Å². The van der Waals surface area contributed by atoms with Crippen LogP contribution in [0.15, 0.2) is 24.3 Å². The smallest absolute Gasteiger partial charge is 0.148 e. The second kappa shape index (κ2) is 7.33. The van der Waals surface area contributed by atoms with Crippen LogP contribution in [0.2, 0.25) is 0 Å². The van der Waals surface area contributed by atoms with Crippen molar-refractivity contribution in [3.63, 3.8) is 0 Å². The Hall–Kier alpha value is -0.720. The van der Waals surface area contributed by atoms with E-state index in [0.717, 1.165) is 18.2 Å². The van der Waals surface area contributed by atoms with Gasteiger partial charge in [0.1, 0.15) is 9.84 Å². The maximum atomic E-state index is 12.1. The molecule has 4 nitrogen and oxygen atoms in total. The quantitative estimate of drug-likeness (QED) is 0.825. The number of aryl methyl sites for hydroxylation is 1. The van der Waals surface area contributed by atoms with Crippen LogP contribution in [0.3, 0.4) is 0 Å². The second-order valence-electron chi connectivity index (χ2n) is 5.04. The highest BCUT2D eigenvalue weighted by molar-refractivity contribution is 7.92. The molecule has 0 aliphatic carbocycles. The van der Waals surface area contributed by atoms with Crippen LogP contribution in [-0.4, -0.2) is 35.6 Å². The first-order valence-corrected chi connectivity index (χ1v) is 10.1. The van der Waals surface area contributed by atoms with Crippen molar-refractivity contribution < 1.29 is 12.6 Å². The van der Waals surface area contributed by atoms with E-state index in [4.69, 9.17) is 5.73 Å². The van der Waals surface area contributed by atoms with Gasteiger partial charge < -0.3 is 5.73 Å². The summed E-state index contributed by atoms with van der Waals surface area (Å²) < 4.78 is 34.3. The zero-order chi connectivity index (χ0) is 15.3. The predicted octanol–water partition coefficient (Wildman–Crippen LogP) is 1.43. The summed E-state index contributed by atoms with van der Waals surface area (Å²) in [6, 6.07) is 7.59. The Morgan fingerprint density at radius 2 is 1.80 bits per heavy atom. The lowest BCUT2D eigenvalue weighted by Crippen LogP contribution is -2.30. The molecule has 0 bridgehead atoms. The molecule has 6 heteroatoms. The topological polar surface area (TPSA) is 77.2 Å². The molecule has 2 N–H and O–H groups in total. The molecule has 0 saturated carbocycles. The fourth-order valence-corrected chi connectivity index (χ4v) is 4.55. The Kier molecular flexibility index (Phi) is 6.36. The molecule has 0 radical (unpaired) electrons. The summed E-state index contributed by atoms with van der Waals surface area (Å²) in [5.41, 5.74) is 8.29. The zero-order valence-electron chi connectivity index (χ0n) is 12.2. The van der Waals surface area contributed by atoms with Gasteiger partial charge in [0.2, 0.25) is 0 Å². The molecule has 3 unspecified atom stereocenters. The van der Waals surface area contributed by atoms with Crippen LogP contribution >= 0.6 is 0 Å². The zero-order valence-corrected chi connectivity index (χ0v) is 13.8. The first-order chi connectivity index (χ1) is 9.24. The van der Waals surface area contributed by atoms with Gasteiger partial charge in [0, 0.05) is 28.9 Å². The maximum absolute atomic E-state index is 12.1. The van der Waals surface area contributed by atoms with E-state index < -0.39 is 20.6 Å². The minimum Gasteiger partial charge on any atom is -0.323 e. The maximum Gasteiger partial charge on any atom is 0.148 e. The van der Waals surface area contributed by atoms with Gasteiger partial charge in [-0.05, 0) is 24.5 Å². The molecule has 1 aromatic rings. The van der Waals surface area contributed by atoms with Gasteiger partial charge in [0.15, 0.2) is 0 Å². The minimum atomic E-state index is -3.09. The van der Waals surface area contributed by atoms with Crippen molar-refractivity contribution in [2.45, 2.75) is 31.6 Å². The summed E-state index contributed by atoms with van der Waals surface area (Å²) in [5, 5.41) is -0.274. The largest absolute Gasteiger partial charge is 0.323 e. The van der Waals surface area contributed by atoms with Crippen LogP contribution < -0.4 is 5.73 Å². The molecule has 20 heavy (non-hydrogen) atoms. The van der Waals surface area contributed by atoms with E-state index in [1.54, 1.807) is 6.92 Å². The number of hydrogen-bond acceptors (Lipinski definition) is 4. The van der Waals surface area contributed by atoms with Crippen molar-refractivity contribution in [3.8, 4) is 0 Å². The first kappa shape index (κ1) is 17.3. The van der Waals surface area contributed by atoms with E-state index in [1.165, 1.54) is 5.56 Å². The van der Waals surface area contributed by atoms with Crippen LogP contribution in [0.4, 0.5) is 0 Å². The average molecular weight is 317 g/mol. The molecule has 1 aromatic carbocycles. The van der Waals surface area contributed by atoms with Crippen LogP contribution in [0.25, 0.3) is 0 Å². The van der Waals surface area contributed by atoms with E-state index in [1.807, 2.05) is 24.3 Å². The standard InChI is InChI=1S/C14H23NO3S2/c1-4-12-5-7-13(8-6-12)14(15)11(2)19(16)9-10-20(3,17)18/h5-8,11,14H,4,9-10,15H2,1-3H3. The predicted molar refractivity (Wildman–Crippen MR) is 84.9 cm³/mol. The molecule has 0 aliphatic rings. The van der Waals surface area contributed by atoms with Gasteiger partial charge in [0.25, 0.3) is 0 Å². The second-order valence-corrected chi connectivity index (χ2v) is 9.21. The third-order valence-electron chi connectivity index (χ3n) is 3.35. The molecule has 0 fully saturated rings. The molecule has 0 saturated heterocycles. The lowest BCUT2D eigenvalue weighted by Gasteiger charge is -2.20. The number of hydrogen-bond donors (Lipinski definition) is 1. The summed E-state index contributed by atoms with van der Waals surface area (Å²) in [7, 11) is -4.34. The number of sulfone groups is 1. The fourth-order valence-electron chi connectivity index (χ4n) is 1.83.